The monoisotopic (exact) mass is 310 g/mol. The zero-order valence-electron chi connectivity index (χ0n) is 13.1. The largest absolute Gasteiger partial charge is 0.361 e. The molecule has 0 aliphatic carbocycles. The van der Waals surface area contributed by atoms with E-state index in [0.717, 1.165) is 12.2 Å². The third-order valence-corrected chi connectivity index (χ3v) is 5.07. The zero-order chi connectivity index (χ0) is 15.4. The SMILES string of the molecule is CNC(C)Cc1c[nH]c2ccc(SCc3ccccc3)cc12. The minimum atomic E-state index is 0.486. The number of benzene rings is 2. The number of thioether (sulfide) groups is 1. The predicted octanol–water partition coefficient (Wildman–Crippen LogP) is 4.61. The maximum Gasteiger partial charge on any atom is 0.0457 e. The van der Waals surface area contributed by atoms with Gasteiger partial charge in [-0.25, -0.2) is 0 Å². The Labute approximate surface area is 136 Å². The van der Waals surface area contributed by atoms with Crippen LogP contribution in [0.4, 0.5) is 0 Å². The molecule has 1 atom stereocenters. The van der Waals surface area contributed by atoms with Crippen LogP contribution in [-0.2, 0) is 12.2 Å². The van der Waals surface area contributed by atoms with Gasteiger partial charge in [0.2, 0.25) is 0 Å². The number of hydrogen-bond acceptors (Lipinski definition) is 2. The standard InChI is InChI=1S/C19H22N2S/c1-14(20-2)10-16-12-21-19-9-8-17(11-18(16)19)22-13-15-6-4-3-5-7-15/h3-9,11-12,14,20-21H,10,13H2,1-2H3. The van der Waals surface area contributed by atoms with Gasteiger partial charge in [0.15, 0.2) is 0 Å². The highest BCUT2D eigenvalue weighted by Gasteiger charge is 2.08. The summed E-state index contributed by atoms with van der Waals surface area (Å²) in [6.07, 6.45) is 3.19. The molecule has 0 saturated carbocycles. The Morgan fingerprint density at radius 2 is 1.95 bits per heavy atom. The van der Waals surface area contributed by atoms with Gasteiger partial charge in [0, 0.05) is 33.8 Å². The van der Waals surface area contributed by atoms with Crippen LogP contribution in [0.15, 0.2) is 59.6 Å². The van der Waals surface area contributed by atoms with Crippen molar-refractivity contribution in [1.29, 1.82) is 0 Å². The van der Waals surface area contributed by atoms with Crippen molar-refractivity contribution >= 4 is 22.7 Å². The fourth-order valence-corrected chi connectivity index (χ4v) is 3.48. The highest BCUT2D eigenvalue weighted by atomic mass is 32.2. The van der Waals surface area contributed by atoms with Crippen molar-refractivity contribution in [3.05, 3.63) is 65.9 Å². The molecule has 1 unspecified atom stereocenters. The van der Waals surface area contributed by atoms with Crippen molar-refractivity contribution in [3.63, 3.8) is 0 Å². The van der Waals surface area contributed by atoms with E-state index in [4.69, 9.17) is 0 Å². The number of nitrogens with one attached hydrogen (secondary N) is 2. The highest BCUT2D eigenvalue weighted by molar-refractivity contribution is 7.98. The molecule has 3 heteroatoms. The normalized spacial score (nSPS) is 12.6. The van der Waals surface area contributed by atoms with Gasteiger partial charge in [-0.2, -0.15) is 0 Å². The molecule has 0 aliphatic rings. The average molecular weight is 310 g/mol. The summed E-state index contributed by atoms with van der Waals surface area (Å²) in [5, 5.41) is 4.66. The summed E-state index contributed by atoms with van der Waals surface area (Å²) < 4.78 is 0. The Bertz CT molecular complexity index is 734. The van der Waals surface area contributed by atoms with Gasteiger partial charge in [-0.05, 0) is 49.7 Å². The van der Waals surface area contributed by atoms with Crippen LogP contribution in [-0.4, -0.2) is 18.1 Å². The van der Waals surface area contributed by atoms with Gasteiger partial charge in [0.05, 0.1) is 0 Å². The van der Waals surface area contributed by atoms with Gasteiger partial charge in [-0.1, -0.05) is 30.3 Å². The minimum Gasteiger partial charge on any atom is -0.361 e. The smallest absolute Gasteiger partial charge is 0.0457 e. The molecule has 0 fully saturated rings. The minimum absolute atomic E-state index is 0.486. The molecule has 2 aromatic carbocycles. The molecule has 0 aliphatic heterocycles. The lowest BCUT2D eigenvalue weighted by atomic mass is 10.1. The lowest BCUT2D eigenvalue weighted by Crippen LogP contribution is -2.23. The number of fused-ring (bicyclic) bond motifs is 1. The maximum absolute atomic E-state index is 3.38. The van der Waals surface area contributed by atoms with Crippen LogP contribution in [0.1, 0.15) is 18.1 Å². The third-order valence-electron chi connectivity index (χ3n) is 4.01. The highest BCUT2D eigenvalue weighted by Crippen LogP contribution is 2.28. The number of H-pyrrole nitrogens is 1. The van der Waals surface area contributed by atoms with E-state index in [1.165, 1.54) is 26.9 Å². The van der Waals surface area contributed by atoms with Crippen LogP contribution < -0.4 is 5.32 Å². The Morgan fingerprint density at radius 3 is 2.73 bits per heavy atom. The number of likely N-dealkylation sites (N-methyl/N-ethyl adjacent to an activating group) is 1. The molecule has 1 aromatic heterocycles. The predicted molar refractivity (Wildman–Crippen MR) is 96.5 cm³/mol. The van der Waals surface area contributed by atoms with Crippen LogP contribution in [0.25, 0.3) is 10.9 Å². The number of hydrogen-bond donors (Lipinski definition) is 2. The Balaban J connectivity index is 1.78. The summed E-state index contributed by atoms with van der Waals surface area (Å²) in [5.41, 5.74) is 3.98. The van der Waals surface area contributed by atoms with E-state index in [1.54, 1.807) is 0 Å². The van der Waals surface area contributed by atoms with Crippen LogP contribution in [0.2, 0.25) is 0 Å². The second kappa shape index (κ2) is 7.03. The summed E-state index contributed by atoms with van der Waals surface area (Å²) in [4.78, 5) is 4.71. The summed E-state index contributed by atoms with van der Waals surface area (Å²) in [5.74, 6) is 1.01. The van der Waals surface area contributed by atoms with Crippen molar-refractivity contribution < 1.29 is 0 Å². The number of rotatable bonds is 6. The van der Waals surface area contributed by atoms with Gasteiger partial charge in [-0.15, -0.1) is 11.8 Å². The Morgan fingerprint density at radius 1 is 1.14 bits per heavy atom. The first-order valence-electron chi connectivity index (χ1n) is 7.70. The van der Waals surface area contributed by atoms with Gasteiger partial charge < -0.3 is 10.3 Å². The van der Waals surface area contributed by atoms with Crippen molar-refractivity contribution in [2.75, 3.05) is 7.05 Å². The van der Waals surface area contributed by atoms with Crippen LogP contribution in [0.5, 0.6) is 0 Å². The molecule has 3 aromatic rings. The fraction of sp³-hybridized carbons (Fsp3) is 0.263. The Hall–Kier alpha value is -1.71. The van der Waals surface area contributed by atoms with Gasteiger partial charge in [-0.3, -0.25) is 0 Å². The van der Waals surface area contributed by atoms with E-state index in [9.17, 15) is 0 Å². The van der Waals surface area contributed by atoms with E-state index in [1.807, 2.05) is 18.8 Å². The quantitative estimate of drug-likeness (QED) is 0.651. The van der Waals surface area contributed by atoms with E-state index < -0.39 is 0 Å². The molecule has 0 bridgehead atoms. The van der Waals surface area contributed by atoms with Crippen molar-refractivity contribution in [3.8, 4) is 0 Å². The lowest BCUT2D eigenvalue weighted by Gasteiger charge is -2.09. The molecule has 22 heavy (non-hydrogen) atoms. The molecule has 3 rings (SSSR count). The first kappa shape index (κ1) is 15.2. The van der Waals surface area contributed by atoms with E-state index in [-0.39, 0.29) is 0 Å². The molecule has 0 spiro atoms. The lowest BCUT2D eigenvalue weighted by molar-refractivity contribution is 0.610. The van der Waals surface area contributed by atoms with Crippen molar-refractivity contribution in [2.24, 2.45) is 0 Å². The third kappa shape index (κ3) is 3.54. The second-order valence-electron chi connectivity index (χ2n) is 5.69. The molecular weight excluding hydrogens is 288 g/mol. The zero-order valence-corrected chi connectivity index (χ0v) is 13.9. The fourth-order valence-electron chi connectivity index (χ4n) is 2.59. The first-order valence-corrected chi connectivity index (χ1v) is 8.69. The molecule has 0 radical (unpaired) electrons. The molecule has 0 saturated heterocycles. The summed E-state index contributed by atoms with van der Waals surface area (Å²) >= 11 is 1.90. The molecule has 1 heterocycles. The Kier molecular flexibility index (Phi) is 4.86. The number of aromatic amines is 1. The molecule has 0 amide bonds. The van der Waals surface area contributed by atoms with Crippen LogP contribution in [0.3, 0.4) is 0 Å². The van der Waals surface area contributed by atoms with E-state index in [0.29, 0.717) is 6.04 Å². The second-order valence-corrected chi connectivity index (χ2v) is 6.74. The van der Waals surface area contributed by atoms with E-state index in [2.05, 4.69) is 72.0 Å². The molecule has 2 N–H and O–H groups in total. The number of aromatic nitrogens is 1. The first-order chi connectivity index (χ1) is 10.8. The van der Waals surface area contributed by atoms with Crippen molar-refractivity contribution in [2.45, 2.75) is 30.0 Å². The van der Waals surface area contributed by atoms with Gasteiger partial charge in [0.1, 0.15) is 0 Å². The van der Waals surface area contributed by atoms with E-state index >= 15 is 0 Å². The summed E-state index contributed by atoms with van der Waals surface area (Å²) in [7, 11) is 2.01. The van der Waals surface area contributed by atoms with Gasteiger partial charge in [0.25, 0.3) is 0 Å². The average Bonchev–Trinajstić information content (AvgIpc) is 2.96. The maximum atomic E-state index is 3.38. The van der Waals surface area contributed by atoms with Crippen LogP contribution in [0, 0.1) is 0 Å². The molecule has 2 nitrogen and oxygen atoms in total. The molecular formula is C19H22N2S. The van der Waals surface area contributed by atoms with Crippen molar-refractivity contribution in [1.82, 2.24) is 10.3 Å². The topological polar surface area (TPSA) is 27.8 Å². The summed E-state index contributed by atoms with van der Waals surface area (Å²) in [6, 6.07) is 17.8. The van der Waals surface area contributed by atoms with Crippen LogP contribution >= 0.6 is 11.8 Å². The summed E-state index contributed by atoms with van der Waals surface area (Å²) in [6.45, 7) is 2.22. The van der Waals surface area contributed by atoms with Gasteiger partial charge >= 0.3 is 0 Å². The molecule has 114 valence electrons.